The Hall–Kier alpha value is -0.400. The first-order valence-electron chi connectivity index (χ1n) is 3.14. The first-order valence-corrected chi connectivity index (χ1v) is 3.14. The Bertz CT molecular complexity index is 95.1. The van der Waals surface area contributed by atoms with Gasteiger partial charge in [0.15, 0.2) is 0 Å². The Kier molecular flexibility index (Phi) is 3.43. The Labute approximate surface area is 54.6 Å². The largest absolute Gasteiger partial charge is 0.266 e. The van der Waals surface area contributed by atoms with Crippen LogP contribution < -0.4 is 0 Å². The van der Waals surface area contributed by atoms with Gasteiger partial charge in [-0.1, -0.05) is 19.4 Å². The van der Waals surface area contributed by atoms with E-state index in [-0.39, 0.29) is 6.42 Å². The lowest BCUT2D eigenvalue weighted by Crippen LogP contribution is -2.10. The number of rotatable bonds is 3. The summed E-state index contributed by atoms with van der Waals surface area (Å²) < 4.78 is 24.7. The Morgan fingerprint density at radius 3 is 2.33 bits per heavy atom. The van der Waals surface area contributed by atoms with Crippen LogP contribution in [0.25, 0.3) is 0 Å². The van der Waals surface area contributed by atoms with E-state index in [0.717, 1.165) is 6.08 Å². The van der Waals surface area contributed by atoms with Gasteiger partial charge in [-0.15, -0.1) is 0 Å². The van der Waals surface area contributed by atoms with Gasteiger partial charge in [-0.3, -0.25) is 0 Å². The summed E-state index contributed by atoms with van der Waals surface area (Å²) in [6.07, 6.45) is 2.81. The van der Waals surface area contributed by atoms with Crippen molar-refractivity contribution in [3.8, 4) is 0 Å². The van der Waals surface area contributed by atoms with E-state index in [1.54, 1.807) is 13.8 Å². The third kappa shape index (κ3) is 4.13. The summed E-state index contributed by atoms with van der Waals surface area (Å²) in [5, 5.41) is 0. The van der Waals surface area contributed by atoms with Crippen molar-refractivity contribution < 1.29 is 8.78 Å². The van der Waals surface area contributed by atoms with Gasteiger partial charge in [-0.25, -0.2) is 8.78 Å². The van der Waals surface area contributed by atoms with Gasteiger partial charge in [0.25, 0.3) is 5.92 Å². The fraction of sp³-hybridized carbons (Fsp3) is 0.714. The molecule has 0 amide bonds. The van der Waals surface area contributed by atoms with Gasteiger partial charge in [-0.2, -0.15) is 0 Å². The molecule has 0 saturated carbocycles. The summed E-state index contributed by atoms with van der Waals surface area (Å²) in [6, 6.07) is 0. The molecule has 0 rings (SSSR count). The molecule has 0 aromatic carbocycles. The maximum absolute atomic E-state index is 12.3. The first-order chi connectivity index (χ1) is 4.12. The minimum absolute atomic E-state index is 0.0443. The normalized spacial score (nSPS) is 12.9. The van der Waals surface area contributed by atoms with Gasteiger partial charge in [-0.05, 0) is 13.0 Å². The number of hydrogen-bond donors (Lipinski definition) is 0. The number of halogens is 2. The maximum atomic E-state index is 12.3. The molecular weight excluding hydrogens is 122 g/mol. The van der Waals surface area contributed by atoms with Crippen LogP contribution in [-0.4, -0.2) is 5.92 Å². The van der Waals surface area contributed by atoms with Gasteiger partial charge >= 0.3 is 0 Å². The van der Waals surface area contributed by atoms with Crippen molar-refractivity contribution in [2.24, 2.45) is 0 Å². The molecule has 0 atom stereocenters. The summed E-state index contributed by atoms with van der Waals surface area (Å²) in [6.45, 7) is 3.35. The minimum atomic E-state index is -2.58. The zero-order chi connectivity index (χ0) is 7.33. The molecule has 0 nitrogen and oxygen atoms in total. The molecule has 0 aromatic heterocycles. The molecule has 0 fully saturated rings. The number of allylic oxidation sites excluding steroid dienone is 2. The average molecular weight is 134 g/mol. The van der Waals surface area contributed by atoms with Crippen LogP contribution >= 0.6 is 0 Å². The van der Waals surface area contributed by atoms with Crippen LogP contribution in [-0.2, 0) is 0 Å². The molecule has 2 heteroatoms. The highest BCUT2D eigenvalue weighted by Crippen LogP contribution is 2.21. The zero-order valence-corrected chi connectivity index (χ0v) is 5.82. The van der Waals surface area contributed by atoms with Crippen molar-refractivity contribution in [3.05, 3.63) is 12.2 Å². The van der Waals surface area contributed by atoms with E-state index in [1.165, 1.54) is 6.08 Å². The van der Waals surface area contributed by atoms with Crippen molar-refractivity contribution in [2.75, 3.05) is 0 Å². The van der Waals surface area contributed by atoms with Crippen molar-refractivity contribution in [1.29, 1.82) is 0 Å². The molecule has 0 aliphatic rings. The monoisotopic (exact) mass is 134 g/mol. The standard InChI is InChI=1S/C7H12F2/c1-3-5-7(8,9)6-4-2/h3,5H,4,6H2,1-2H3/b5-3+. The van der Waals surface area contributed by atoms with Crippen LogP contribution in [0.5, 0.6) is 0 Å². The van der Waals surface area contributed by atoms with E-state index in [1.807, 2.05) is 0 Å². The zero-order valence-electron chi connectivity index (χ0n) is 5.82. The summed E-state index contributed by atoms with van der Waals surface area (Å²) in [5.74, 6) is -2.58. The molecular formula is C7H12F2. The summed E-state index contributed by atoms with van der Waals surface area (Å²) >= 11 is 0. The summed E-state index contributed by atoms with van der Waals surface area (Å²) in [5.41, 5.74) is 0. The van der Waals surface area contributed by atoms with Crippen LogP contribution in [0.2, 0.25) is 0 Å². The third-order valence-corrected chi connectivity index (χ3v) is 0.994. The lowest BCUT2D eigenvalue weighted by molar-refractivity contribution is 0.0448. The molecule has 0 saturated heterocycles. The predicted octanol–water partition coefficient (Wildman–Crippen LogP) is 3.00. The summed E-state index contributed by atoms with van der Waals surface area (Å²) in [4.78, 5) is 0. The first kappa shape index (κ1) is 8.60. The molecule has 0 aliphatic heterocycles. The average Bonchev–Trinajstić information content (AvgIpc) is 1.64. The van der Waals surface area contributed by atoms with E-state index >= 15 is 0 Å². The van der Waals surface area contributed by atoms with Crippen molar-refractivity contribution in [3.63, 3.8) is 0 Å². The van der Waals surface area contributed by atoms with Gasteiger partial charge in [0.05, 0.1) is 0 Å². The smallest absolute Gasteiger partial charge is 0.202 e. The lowest BCUT2D eigenvalue weighted by Gasteiger charge is -2.08. The van der Waals surface area contributed by atoms with Gasteiger partial charge in [0.1, 0.15) is 0 Å². The Balaban J connectivity index is 3.70. The van der Waals surface area contributed by atoms with Crippen LogP contribution in [0.3, 0.4) is 0 Å². The van der Waals surface area contributed by atoms with E-state index in [9.17, 15) is 8.78 Å². The quantitative estimate of drug-likeness (QED) is 0.520. The number of hydrogen-bond acceptors (Lipinski definition) is 0. The van der Waals surface area contributed by atoms with Crippen LogP contribution in [0.4, 0.5) is 8.78 Å². The second-order valence-electron chi connectivity index (χ2n) is 2.01. The SMILES string of the molecule is C/C=C/C(F)(F)CCC. The molecule has 9 heavy (non-hydrogen) atoms. The topological polar surface area (TPSA) is 0 Å². The van der Waals surface area contributed by atoms with Crippen molar-refractivity contribution >= 4 is 0 Å². The third-order valence-electron chi connectivity index (χ3n) is 0.994. The maximum Gasteiger partial charge on any atom is 0.266 e. The Morgan fingerprint density at radius 1 is 1.44 bits per heavy atom. The van der Waals surface area contributed by atoms with Gasteiger partial charge in [0.2, 0.25) is 0 Å². The molecule has 0 bridgehead atoms. The van der Waals surface area contributed by atoms with Crippen LogP contribution in [0, 0.1) is 0 Å². The van der Waals surface area contributed by atoms with Crippen molar-refractivity contribution in [2.45, 2.75) is 32.6 Å². The van der Waals surface area contributed by atoms with Crippen LogP contribution in [0.15, 0.2) is 12.2 Å². The molecule has 0 radical (unpaired) electrons. The second kappa shape index (κ2) is 3.59. The highest BCUT2D eigenvalue weighted by atomic mass is 19.3. The molecule has 0 aliphatic carbocycles. The van der Waals surface area contributed by atoms with Gasteiger partial charge < -0.3 is 0 Å². The fourth-order valence-electron chi connectivity index (χ4n) is 0.660. The van der Waals surface area contributed by atoms with E-state index in [2.05, 4.69) is 0 Å². The van der Waals surface area contributed by atoms with Crippen molar-refractivity contribution in [1.82, 2.24) is 0 Å². The molecule has 0 aromatic rings. The van der Waals surface area contributed by atoms with E-state index in [0.29, 0.717) is 6.42 Å². The summed E-state index contributed by atoms with van der Waals surface area (Å²) in [7, 11) is 0. The highest BCUT2D eigenvalue weighted by molar-refractivity contribution is 4.91. The molecule has 0 unspecified atom stereocenters. The van der Waals surface area contributed by atoms with Crippen LogP contribution in [0.1, 0.15) is 26.7 Å². The predicted molar refractivity (Wildman–Crippen MR) is 34.7 cm³/mol. The molecule has 0 spiro atoms. The van der Waals surface area contributed by atoms with E-state index in [4.69, 9.17) is 0 Å². The molecule has 54 valence electrons. The van der Waals surface area contributed by atoms with Gasteiger partial charge in [0, 0.05) is 6.42 Å². The number of alkyl halides is 2. The molecule has 0 heterocycles. The molecule has 0 N–H and O–H groups in total. The second-order valence-corrected chi connectivity index (χ2v) is 2.01. The fourth-order valence-corrected chi connectivity index (χ4v) is 0.660. The Morgan fingerprint density at radius 2 is 2.00 bits per heavy atom. The lowest BCUT2D eigenvalue weighted by atomic mass is 10.2. The minimum Gasteiger partial charge on any atom is -0.202 e. The highest BCUT2D eigenvalue weighted by Gasteiger charge is 2.21. The van der Waals surface area contributed by atoms with E-state index < -0.39 is 5.92 Å².